The molecule has 2 aromatic rings. The van der Waals surface area contributed by atoms with Gasteiger partial charge in [-0.15, -0.1) is 0 Å². The molecule has 2 nitrogen and oxygen atoms in total. The summed E-state index contributed by atoms with van der Waals surface area (Å²) in [5.41, 5.74) is 3.89. The summed E-state index contributed by atoms with van der Waals surface area (Å²) in [7, 11) is 0. The van der Waals surface area contributed by atoms with Gasteiger partial charge < -0.3 is 5.73 Å². The summed E-state index contributed by atoms with van der Waals surface area (Å²) in [5.74, 6) is -0.859. The van der Waals surface area contributed by atoms with Crippen molar-refractivity contribution in [1.82, 2.24) is 4.98 Å². The van der Waals surface area contributed by atoms with Crippen molar-refractivity contribution in [3.8, 4) is 11.3 Å². The van der Waals surface area contributed by atoms with Crippen LogP contribution in [0.25, 0.3) is 11.3 Å². The highest BCUT2D eigenvalue weighted by Gasteiger charge is 2.33. The minimum absolute atomic E-state index is 0.0610. The van der Waals surface area contributed by atoms with Crippen LogP contribution in [0.4, 0.5) is 23.2 Å². The Morgan fingerprint density at radius 3 is 2.42 bits per heavy atom. The number of rotatable bonds is 1. The predicted octanol–water partition coefficient (Wildman–Crippen LogP) is 4.14. The molecule has 0 atom stereocenters. The van der Waals surface area contributed by atoms with Gasteiger partial charge in [-0.3, -0.25) is 0 Å². The second-order valence-corrected chi connectivity index (χ2v) is 4.14. The lowest BCUT2D eigenvalue weighted by Crippen LogP contribution is -2.09. The first-order chi connectivity index (χ1) is 8.80. The highest BCUT2D eigenvalue weighted by atomic mass is 35.5. The Kier molecular flexibility index (Phi) is 3.36. The number of halogens is 5. The summed E-state index contributed by atoms with van der Waals surface area (Å²) < 4.78 is 51.5. The molecule has 19 heavy (non-hydrogen) atoms. The number of pyridine rings is 1. The zero-order valence-corrected chi connectivity index (χ0v) is 10.1. The summed E-state index contributed by atoms with van der Waals surface area (Å²) in [6.45, 7) is 0. The zero-order valence-electron chi connectivity index (χ0n) is 9.30. The van der Waals surface area contributed by atoms with Crippen LogP contribution in [0, 0.1) is 5.82 Å². The fraction of sp³-hybridized carbons (Fsp3) is 0.0833. The molecule has 2 rings (SSSR count). The standard InChI is InChI=1S/C12H7ClF4N2/c13-7-3-1-2-6(10(7)14)11-8(18)4-5-9(19-11)12(15,16)17/h1-5H,18H2. The van der Waals surface area contributed by atoms with Crippen LogP contribution in [0.15, 0.2) is 30.3 Å². The van der Waals surface area contributed by atoms with Crippen LogP contribution in [0.5, 0.6) is 0 Å². The molecule has 1 aromatic heterocycles. The lowest BCUT2D eigenvalue weighted by Gasteiger charge is -2.11. The smallest absolute Gasteiger partial charge is 0.397 e. The molecule has 7 heteroatoms. The molecule has 0 unspecified atom stereocenters. The molecule has 0 bridgehead atoms. The maximum absolute atomic E-state index is 13.8. The first-order valence-corrected chi connectivity index (χ1v) is 5.46. The molecule has 0 spiro atoms. The minimum Gasteiger partial charge on any atom is -0.397 e. The van der Waals surface area contributed by atoms with E-state index in [1.165, 1.54) is 18.2 Å². The topological polar surface area (TPSA) is 38.9 Å². The second kappa shape index (κ2) is 4.70. The Morgan fingerprint density at radius 2 is 1.79 bits per heavy atom. The normalized spacial score (nSPS) is 11.6. The average Bonchev–Trinajstić information content (AvgIpc) is 2.32. The van der Waals surface area contributed by atoms with Crippen molar-refractivity contribution in [3.63, 3.8) is 0 Å². The molecule has 0 saturated heterocycles. The molecule has 1 aromatic carbocycles. The van der Waals surface area contributed by atoms with Gasteiger partial charge >= 0.3 is 6.18 Å². The third-order valence-electron chi connectivity index (χ3n) is 2.42. The predicted molar refractivity (Wildman–Crippen MR) is 64.1 cm³/mol. The SMILES string of the molecule is Nc1ccc(C(F)(F)F)nc1-c1cccc(Cl)c1F. The maximum atomic E-state index is 13.8. The van der Waals surface area contributed by atoms with Gasteiger partial charge in [0.2, 0.25) is 0 Å². The molecular weight excluding hydrogens is 284 g/mol. The molecule has 0 aliphatic carbocycles. The van der Waals surface area contributed by atoms with Gasteiger partial charge in [-0.2, -0.15) is 13.2 Å². The first kappa shape index (κ1) is 13.6. The van der Waals surface area contributed by atoms with Crippen molar-refractivity contribution < 1.29 is 17.6 Å². The molecular formula is C12H7ClF4N2. The van der Waals surface area contributed by atoms with E-state index in [2.05, 4.69) is 4.98 Å². The monoisotopic (exact) mass is 290 g/mol. The molecule has 0 saturated carbocycles. The summed E-state index contributed by atoms with van der Waals surface area (Å²) in [6.07, 6.45) is -4.63. The number of nitrogens with zero attached hydrogens (tertiary/aromatic N) is 1. The quantitative estimate of drug-likeness (QED) is 0.802. The number of nitrogen functional groups attached to an aromatic ring is 1. The van der Waals surface area contributed by atoms with Crippen LogP contribution in [0.2, 0.25) is 5.02 Å². The van der Waals surface area contributed by atoms with Gasteiger partial charge in [0.15, 0.2) is 5.82 Å². The van der Waals surface area contributed by atoms with Crippen molar-refractivity contribution in [3.05, 3.63) is 46.9 Å². The van der Waals surface area contributed by atoms with Crippen molar-refractivity contribution in [2.45, 2.75) is 6.18 Å². The fourth-order valence-corrected chi connectivity index (χ4v) is 1.70. The Morgan fingerprint density at radius 1 is 1.11 bits per heavy atom. The number of aromatic nitrogens is 1. The zero-order chi connectivity index (χ0) is 14.2. The highest BCUT2D eigenvalue weighted by molar-refractivity contribution is 6.31. The Balaban J connectivity index is 2.65. The lowest BCUT2D eigenvalue weighted by atomic mass is 10.1. The Bertz CT molecular complexity index is 626. The van der Waals surface area contributed by atoms with E-state index in [4.69, 9.17) is 17.3 Å². The number of anilines is 1. The van der Waals surface area contributed by atoms with Crippen LogP contribution in [-0.2, 0) is 6.18 Å². The summed E-state index contributed by atoms with van der Waals surface area (Å²) in [5, 5.41) is -0.212. The number of nitrogens with two attached hydrogens (primary N) is 1. The number of hydrogen-bond acceptors (Lipinski definition) is 2. The molecule has 0 amide bonds. The molecule has 100 valence electrons. The van der Waals surface area contributed by atoms with Crippen LogP contribution in [0.3, 0.4) is 0 Å². The number of hydrogen-bond donors (Lipinski definition) is 1. The third kappa shape index (κ3) is 2.63. The molecule has 1 heterocycles. The molecule has 0 fully saturated rings. The van der Waals surface area contributed by atoms with Gasteiger partial charge in [0.1, 0.15) is 5.69 Å². The first-order valence-electron chi connectivity index (χ1n) is 5.09. The number of alkyl halides is 3. The molecule has 2 N–H and O–H groups in total. The minimum atomic E-state index is -4.63. The van der Waals surface area contributed by atoms with Gasteiger partial charge in [0, 0.05) is 5.56 Å². The molecule has 0 aliphatic heterocycles. The van der Waals surface area contributed by atoms with Crippen LogP contribution < -0.4 is 5.73 Å². The van der Waals surface area contributed by atoms with Gasteiger partial charge in [0.05, 0.1) is 16.4 Å². The summed E-state index contributed by atoms with van der Waals surface area (Å²) >= 11 is 5.58. The Labute approximate surface area is 110 Å². The van der Waals surface area contributed by atoms with E-state index in [9.17, 15) is 17.6 Å². The highest BCUT2D eigenvalue weighted by Crippen LogP contribution is 2.34. The van der Waals surface area contributed by atoms with E-state index in [1.807, 2.05) is 0 Å². The van der Waals surface area contributed by atoms with Gasteiger partial charge in [-0.25, -0.2) is 9.37 Å². The van der Waals surface area contributed by atoms with E-state index >= 15 is 0 Å². The van der Waals surface area contributed by atoms with Crippen molar-refractivity contribution in [1.29, 1.82) is 0 Å². The van der Waals surface area contributed by atoms with Gasteiger partial charge in [-0.1, -0.05) is 17.7 Å². The summed E-state index contributed by atoms with van der Waals surface area (Å²) in [4.78, 5) is 3.37. The lowest BCUT2D eigenvalue weighted by molar-refractivity contribution is -0.141. The van der Waals surface area contributed by atoms with Crippen molar-refractivity contribution in [2.24, 2.45) is 0 Å². The van der Waals surface area contributed by atoms with Crippen LogP contribution in [0.1, 0.15) is 5.69 Å². The van der Waals surface area contributed by atoms with Gasteiger partial charge in [0.25, 0.3) is 0 Å². The van der Waals surface area contributed by atoms with Gasteiger partial charge in [-0.05, 0) is 24.3 Å². The van der Waals surface area contributed by atoms with E-state index in [0.717, 1.165) is 12.1 Å². The van der Waals surface area contributed by atoms with E-state index < -0.39 is 17.7 Å². The largest absolute Gasteiger partial charge is 0.433 e. The van der Waals surface area contributed by atoms with Crippen LogP contribution in [-0.4, -0.2) is 4.98 Å². The van der Waals surface area contributed by atoms with E-state index in [0.29, 0.717) is 0 Å². The average molecular weight is 291 g/mol. The summed E-state index contributed by atoms with van der Waals surface area (Å²) in [6, 6.07) is 5.72. The fourth-order valence-electron chi connectivity index (χ4n) is 1.53. The van der Waals surface area contributed by atoms with Crippen molar-refractivity contribution in [2.75, 3.05) is 5.73 Å². The van der Waals surface area contributed by atoms with E-state index in [1.54, 1.807) is 0 Å². The second-order valence-electron chi connectivity index (χ2n) is 3.73. The molecule has 0 aliphatic rings. The van der Waals surface area contributed by atoms with Crippen molar-refractivity contribution >= 4 is 17.3 Å². The number of benzene rings is 1. The molecule has 0 radical (unpaired) electrons. The Hall–Kier alpha value is -1.82. The maximum Gasteiger partial charge on any atom is 0.433 e. The van der Waals surface area contributed by atoms with Crippen LogP contribution >= 0.6 is 11.6 Å². The van der Waals surface area contributed by atoms with E-state index in [-0.39, 0.29) is 22.0 Å². The third-order valence-corrected chi connectivity index (χ3v) is 2.72.